The standard InChI is InChI=1S/C11H10O2/c12-9-6-8-5-7-3-1-2-4-10(7)13-11(8)9/h1-4,8,11H,5-6H2. The van der Waals surface area contributed by atoms with Crippen molar-refractivity contribution in [3.05, 3.63) is 29.8 Å². The van der Waals surface area contributed by atoms with E-state index in [1.807, 2.05) is 18.2 Å². The van der Waals surface area contributed by atoms with E-state index in [1.165, 1.54) is 5.56 Å². The molecule has 2 nitrogen and oxygen atoms in total. The summed E-state index contributed by atoms with van der Waals surface area (Å²) in [5.41, 5.74) is 1.25. The van der Waals surface area contributed by atoms with E-state index in [1.54, 1.807) is 0 Å². The predicted molar refractivity (Wildman–Crippen MR) is 47.7 cm³/mol. The van der Waals surface area contributed by atoms with E-state index in [9.17, 15) is 4.79 Å². The molecule has 1 aromatic rings. The van der Waals surface area contributed by atoms with Crippen LogP contribution in [0.2, 0.25) is 0 Å². The molecule has 1 aliphatic heterocycles. The van der Waals surface area contributed by atoms with Crippen molar-refractivity contribution >= 4 is 5.78 Å². The molecular weight excluding hydrogens is 164 g/mol. The van der Waals surface area contributed by atoms with E-state index in [-0.39, 0.29) is 11.9 Å². The van der Waals surface area contributed by atoms with Crippen molar-refractivity contribution in [3.8, 4) is 5.75 Å². The molecule has 1 heterocycles. The summed E-state index contributed by atoms with van der Waals surface area (Å²) in [5.74, 6) is 1.61. The van der Waals surface area contributed by atoms with Crippen molar-refractivity contribution in [2.75, 3.05) is 0 Å². The molecule has 1 saturated carbocycles. The molecule has 2 heteroatoms. The summed E-state index contributed by atoms with van der Waals surface area (Å²) in [7, 11) is 0. The summed E-state index contributed by atoms with van der Waals surface area (Å²) >= 11 is 0. The van der Waals surface area contributed by atoms with Gasteiger partial charge in [0.15, 0.2) is 11.9 Å². The zero-order valence-electron chi connectivity index (χ0n) is 7.19. The molecule has 0 aromatic heterocycles. The largest absolute Gasteiger partial charge is 0.482 e. The van der Waals surface area contributed by atoms with Crippen molar-refractivity contribution in [3.63, 3.8) is 0 Å². The fraction of sp³-hybridized carbons (Fsp3) is 0.364. The lowest BCUT2D eigenvalue weighted by Gasteiger charge is -2.39. The molecule has 1 aliphatic carbocycles. The van der Waals surface area contributed by atoms with Gasteiger partial charge >= 0.3 is 0 Å². The van der Waals surface area contributed by atoms with Crippen LogP contribution < -0.4 is 4.74 Å². The number of Topliss-reactive ketones (excluding diaryl/α,β-unsaturated/α-hetero) is 1. The summed E-state index contributed by atoms with van der Waals surface area (Å²) in [4.78, 5) is 11.1. The first-order valence-electron chi connectivity index (χ1n) is 4.62. The van der Waals surface area contributed by atoms with Gasteiger partial charge in [-0.2, -0.15) is 0 Å². The molecule has 2 unspecified atom stereocenters. The maximum absolute atomic E-state index is 11.1. The first-order chi connectivity index (χ1) is 6.34. The lowest BCUT2D eigenvalue weighted by molar-refractivity contribution is -0.140. The van der Waals surface area contributed by atoms with E-state index in [0.717, 1.165) is 12.2 Å². The Bertz CT molecular complexity index is 370. The minimum absolute atomic E-state index is 0.130. The Morgan fingerprint density at radius 3 is 2.92 bits per heavy atom. The minimum atomic E-state index is -0.130. The molecule has 0 saturated heterocycles. The summed E-state index contributed by atoms with van der Waals surface area (Å²) < 4.78 is 5.59. The van der Waals surface area contributed by atoms with Crippen LogP contribution in [0.1, 0.15) is 12.0 Å². The lowest BCUT2D eigenvalue weighted by Crippen LogP contribution is -2.49. The van der Waals surface area contributed by atoms with Crippen LogP contribution in [0.5, 0.6) is 5.75 Å². The van der Waals surface area contributed by atoms with Crippen molar-refractivity contribution < 1.29 is 9.53 Å². The molecule has 2 atom stereocenters. The molecule has 1 aromatic carbocycles. The van der Waals surface area contributed by atoms with Crippen LogP contribution in [-0.4, -0.2) is 11.9 Å². The number of benzene rings is 1. The highest BCUT2D eigenvalue weighted by Crippen LogP contribution is 2.38. The average molecular weight is 174 g/mol. The quantitative estimate of drug-likeness (QED) is 0.597. The highest BCUT2D eigenvalue weighted by Gasteiger charge is 2.44. The van der Waals surface area contributed by atoms with E-state index in [4.69, 9.17) is 4.74 Å². The van der Waals surface area contributed by atoms with Gasteiger partial charge in [0, 0.05) is 12.3 Å². The summed E-state index contributed by atoms with van der Waals surface area (Å²) in [6.07, 6.45) is 1.58. The molecule has 0 bridgehead atoms. The number of hydrogen-bond acceptors (Lipinski definition) is 2. The topological polar surface area (TPSA) is 26.3 Å². The number of carbonyl (C=O) groups excluding carboxylic acids is 1. The third kappa shape index (κ3) is 0.916. The minimum Gasteiger partial charge on any atom is -0.482 e. The van der Waals surface area contributed by atoms with Crippen LogP contribution in [0.3, 0.4) is 0 Å². The number of para-hydroxylation sites is 1. The molecule has 13 heavy (non-hydrogen) atoms. The maximum atomic E-state index is 11.1. The Labute approximate surface area is 76.5 Å². The lowest BCUT2D eigenvalue weighted by atomic mass is 9.75. The highest BCUT2D eigenvalue weighted by atomic mass is 16.5. The number of fused-ring (bicyclic) bond motifs is 2. The second kappa shape index (κ2) is 2.34. The molecule has 2 aliphatic rings. The van der Waals surface area contributed by atoms with E-state index in [0.29, 0.717) is 12.3 Å². The van der Waals surface area contributed by atoms with Gasteiger partial charge in [0.05, 0.1) is 0 Å². The van der Waals surface area contributed by atoms with E-state index in [2.05, 4.69) is 6.07 Å². The van der Waals surface area contributed by atoms with Crippen molar-refractivity contribution in [1.82, 2.24) is 0 Å². The number of ketones is 1. The van der Waals surface area contributed by atoms with Crippen LogP contribution >= 0.6 is 0 Å². The average Bonchev–Trinajstić information content (AvgIpc) is 2.16. The zero-order chi connectivity index (χ0) is 8.84. The van der Waals surface area contributed by atoms with Crippen LogP contribution in [0.4, 0.5) is 0 Å². The highest BCUT2D eigenvalue weighted by molar-refractivity contribution is 5.90. The van der Waals surface area contributed by atoms with Crippen molar-refractivity contribution in [2.24, 2.45) is 5.92 Å². The molecule has 66 valence electrons. The van der Waals surface area contributed by atoms with E-state index >= 15 is 0 Å². The number of hydrogen-bond donors (Lipinski definition) is 0. The fourth-order valence-corrected chi connectivity index (χ4v) is 2.13. The molecule has 0 amide bonds. The molecule has 0 N–H and O–H groups in total. The van der Waals surface area contributed by atoms with Gasteiger partial charge in [-0.05, 0) is 18.1 Å². The van der Waals surface area contributed by atoms with Gasteiger partial charge in [0.1, 0.15) is 5.75 Å². The molecule has 1 fully saturated rings. The van der Waals surface area contributed by atoms with Crippen molar-refractivity contribution in [2.45, 2.75) is 18.9 Å². The second-order valence-electron chi connectivity index (χ2n) is 3.78. The van der Waals surface area contributed by atoms with Crippen molar-refractivity contribution in [1.29, 1.82) is 0 Å². The summed E-state index contributed by atoms with van der Waals surface area (Å²) in [6, 6.07) is 7.98. The Hall–Kier alpha value is -1.31. The smallest absolute Gasteiger partial charge is 0.174 e. The summed E-state index contributed by atoms with van der Waals surface area (Å²) in [6.45, 7) is 0. The molecule has 0 spiro atoms. The fourth-order valence-electron chi connectivity index (χ4n) is 2.13. The molecule has 0 radical (unpaired) electrons. The van der Waals surface area contributed by atoms with Gasteiger partial charge in [-0.15, -0.1) is 0 Å². The van der Waals surface area contributed by atoms with Crippen LogP contribution in [0.25, 0.3) is 0 Å². The van der Waals surface area contributed by atoms with Gasteiger partial charge in [-0.3, -0.25) is 4.79 Å². The monoisotopic (exact) mass is 174 g/mol. The van der Waals surface area contributed by atoms with Gasteiger partial charge in [-0.1, -0.05) is 18.2 Å². The van der Waals surface area contributed by atoms with Crippen LogP contribution in [-0.2, 0) is 11.2 Å². The normalized spacial score (nSPS) is 29.7. The Morgan fingerprint density at radius 1 is 1.23 bits per heavy atom. The first-order valence-corrected chi connectivity index (χ1v) is 4.62. The Kier molecular flexibility index (Phi) is 1.29. The van der Waals surface area contributed by atoms with E-state index < -0.39 is 0 Å². The Balaban J connectivity index is 1.99. The Morgan fingerprint density at radius 2 is 2.08 bits per heavy atom. The third-order valence-electron chi connectivity index (χ3n) is 2.92. The third-order valence-corrected chi connectivity index (χ3v) is 2.92. The number of rotatable bonds is 0. The second-order valence-corrected chi connectivity index (χ2v) is 3.78. The number of carbonyl (C=O) groups is 1. The molecule has 3 rings (SSSR count). The molecular formula is C11H10O2. The number of ether oxygens (including phenoxy) is 1. The van der Waals surface area contributed by atoms with Gasteiger partial charge in [0.2, 0.25) is 0 Å². The summed E-state index contributed by atoms with van der Waals surface area (Å²) in [5, 5.41) is 0. The van der Waals surface area contributed by atoms with Crippen LogP contribution in [0.15, 0.2) is 24.3 Å². The van der Waals surface area contributed by atoms with Gasteiger partial charge in [-0.25, -0.2) is 0 Å². The van der Waals surface area contributed by atoms with Crippen LogP contribution in [0, 0.1) is 5.92 Å². The predicted octanol–water partition coefficient (Wildman–Crippen LogP) is 1.58. The van der Waals surface area contributed by atoms with Gasteiger partial charge < -0.3 is 4.74 Å². The SMILES string of the molecule is O=C1CC2Cc3ccccc3OC12. The maximum Gasteiger partial charge on any atom is 0.174 e. The van der Waals surface area contributed by atoms with Gasteiger partial charge in [0.25, 0.3) is 0 Å². The zero-order valence-corrected chi connectivity index (χ0v) is 7.19. The first kappa shape index (κ1) is 7.13.